The summed E-state index contributed by atoms with van der Waals surface area (Å²) in [6.07, 6.45) is 13.1. The molecule has 11 aromatic rings. The maximum absolute atomic E-state index is 4.23. The van der Waals surface area contributed by atoms with Crippen LogP contribution in [0.1, 0.15) is 71.9 Å². The van der Waals surface area contributed by atoms with Crippen LogP contribution in [0.3, 0.4) is 0 Å². The van der Waals surface area contributed by atoms with Gasteiger partial charge in [-0.25, -0.2) is 0 Å². The molecule has 0 spiro atoms. The SMILES string of the molecule is C=C/C=C\c1c(C)cc2ccccc2c1C12CC3(c4c5ccccc5cc5ccccc45)CC(c4c5ccccc5cc5ccccc45)(C1)CC(c1c4ccccc4cc4ccccc14)(C2)C3. The van der Waals surface area contributed by atoms with Crippen LogP contribution in [0, 0.1) is 6.92 Å². The van der Waals surface area contributed by atoms with Crippen molar-refractivity contribution >= 4 is 81.5 Å². The zero-order valence-corrected chi connectivity index (χ0v) is 38.2. The van der Waals surface area contributed by atoms with Crippen molar-refractivity contribution in [1.29, 1.82) is 0 Å². The lowest BCUT2D eigenvalue weighted by Gasteiger charge is -2.72. The zero-order chi connectivity index (χ0) is 44.5. The maximum Gasteiger partial charge on any atom is -0.000922 e. The number of allylic oxidation sites excluding steroid dienone is 2. The Labute approximate surface area is 392 Å². The second-order valence-electron chi connectivity index (χ2n) is 21.1. The standard InChI is InChI=1S/C67H52/c1-3-4-26-52-44(2)34-45-19-5-12-27-53(45)60(52)64-38-65(61-54-28-13-6-20-46(54)35-47-21-7-14-29-55(47)61)41-66(39-64,62-56-30-15-8-22-48(56)36-49-23-9-16-31-57(49)62)43-67(40-64,42-65)63-58-32-17-10-24-50(58)37-51-25-11-18-33-59(51)63/h3-37H,1,38-43H2,2H3/b26-4-. The van der Waals surface area contributed by atoms with E-state index in [1.54, 1.807) is 16.7 Å². The Morgan fingerprint density at radius 1 is 0.328 bits per heavy atom. The van der Waals surface area contributed by atoms with Gasteiger partial charge in [-0.15, -0.1) is 0 Å². The highest BCUT2D eigenvalue weighted by atomic mass is 14.7. The van der Waals surface area contributed by atoms with Crippen molar-refractivity contribution in [1.82, 2.24) is 0 Å². The molecule has 4 aliphatic rings. The van der Waals surface area contributed by atoms with Gasteiger partial charge in [0.1, 0.15) is 0 Å². The van der Waals surface area contributed by atoms with Gasteiger partial charge >= 0.3 is 0 Å². The quantitative estimate of drug-likeness (QED) is 0.115. The second-order valence-corrected chi connectivity index (χ2v) is 21.1. The molecule has 0 heterocycles. The van der Waals surface area contributed by atoms with Gasteiger partial charge in [-0.1, -0.05) is 201 Å². The van der Waals surface area contributed by atoms with Crippen LogP contribution in [0.4, 0.5) is 0 Å². The van der Waals surface area contributed by atoms with E-state index in [9.17, 15) is 0 Å². The van der Waals surface area contributed by atoms with Gasteiger partial charge in [0.05, 0.1) is 0 Å². The molecule has 15 rings (SSSR count). The first-order valence-electron chi connectivity index (χ1n) is 24.5. The lowest BCUT2D eigenvalue weighted by molar-refractivity contribution is -0.0655. The number of hydrogen-bond acceptors (Lipinski definition) is 0. The molecule has 0 radical (unpaired) electrons. The first kappa shape index (κ1) is 38.9. The highest BCUT2D eigenvalue weighted by molar-refractivity contribution is 6.07. The first-order chi connectivity index (χ1) is 32.9. The van der Waals surface area contributed by atoms with E-state index in [0.29, 0.717) is 0 Å². The van der Waals surface area contributed by atoms with Crippen LogP contribution in [0.5, 0.6) is 0 Å². The highest BCUT2D eigenvalue weighted by Gasteiger charge is 2.71. The fourth-order valence-electron chi connectivity index (χ4n) is 15.9. The molecular formula is C67H52. The molecule has 4 aliphatic carbocycles. The second kappa shape index (κ2) is 14.1. The van der Waals surface area contributed by atoms with Gasteiger partial charge in [0.15, 0.2) is 0 Å². The Balaban J connectivity index is 1.23. The minimum Gasteiger partial charge on any atom is -0.0991 e. The Hall–Kier alpha value is -7.28. The van der Waals surface area contributed by atoms with Gasteiger partial charge in [0.2, 0.25) is 0 Å². The number of rotatable bonds is 6. The Morgan fingerprint density at radius 2 is 0.567 bits per heavy atom. The predicted octanol–water partition coefficient (Wildman–Crippen LogP) is 17.7. The number of aryl methyl sites for hydroxylation is 1. The molecule has 4 saturated carbocycles. The van der Waals surface area contributed by atoms with Crippen LogP contribution in [-0.2, 0) is 21.7 Å². The zero-order valence-electron chi connectivity index (χ0n) is 38.2. The molecule has 11 aromatic carbocycles. The van der Waals surface area contributed by atoms with Crippen molar-refractivity contribution < 1.29 is 0 Å². The number of hydrogen-bond donors (Lipinski definition) is 0. The summed E-state index contributed by atoms with van der Waals surface area (Å²) < 4.78 is 0. The monoisotopic (exact) mass is 856 g/mol. The van der Waals surface area contributed by atoms with E-state index in [1.165, 1.54) is 92.1 Å². The molecule has 0 unspecified atom stereocenters. The van der Waals surface area contributed by atoms with Gasteiger partial charge < -0.3 is 0 Å². The summed E-state index contributed by atoms with van der Waals surface area (Å²) >= 11 is 0. The van der Waals surface area contributed by atoms with Gasteiger partial charge in [-0.3, -0.25) is 0 Å². The molecule has 67 heavy (non-hydrogen) atoms. The largest absolute Gasteiger partial charge is 0.0991 e. The molecule has 0 heteroatoms. The van der Waals surface area contributed by atoms with Crippen LogP contribution in [0.25, 0.3) is 81.5 Å². The third kappa shape index (κ3) is 5.48. The molecule has 0 aliphatic heterocycles. The molecule has 0 atom stereocenters. The van der Waals surface area contributed by atoms with E-state index in [0.717, 1.165) is 38.5 Å². The number of benzene rings is 11. The Morgan fingerprint density at radius 3 is 0.851 bits per heavy atom. The summed E-state index contributed by atoms with van der Waals surface area (Å²) in [4.78, 5) is 0. The van der Waals surface area contributed by atoms with Crippen LogP contribution >= 0.6 is 0 Å². The summed E-state index contributed by atoms with van der Waals surface area (Å²) in [5.41, 5.74) is 8.07. The summed E-state index contributed by atoms with van der Waals surface area (Å²) in [5, 5.41) is 19.2. The summed E-state index contributed by atoms with van der Waals surface area (Å²) in [6.45, 7) is 6.59. The first-order valence-corrected chi connectivity index (χ1v) is 24.5. The van der Waals surface area contributed by atoms with E-state index in [2.05, 4.69) is 220 Å². The minimum absolute atomic E-state index is 0.213. The normalized spacial score (nSPS) is 23.5. The third-order valence-corrected chi connectivity index (χ3v) is 17.2. The number of fused-ring (bicyclic) bond motifs is 7. The molecule has 4 bridgehead atoms. The summed E-state index contributed by atoms with van der Waals surface area (Å²) in [7, 11) is 0. The summed E-state index contributed by atoms with van der Waals surface area (Å²) in [6, 6.07) is 75.4. The van der Waals surface area contributed by atoms with Crippen molar-refractivity contribution in [2.45, 2.75) is 67.1 Å². The van der Waals surface area contributed by atoms with Crippen molar-refractivity contribution in [3.05, 3.63) is 246 Å². The van der Waals surface area contributed by atoms with Crippen molar-refractivity contribution in [2.75, 3.05) is 0 Å². The van der Waals surface area contributed by atoms with Gasteiger partial charge in [0, 0.05) is 0 Å². The van der Waals surface area contributed by atoms with E-state index < -0.39 is 0 Å². The van der Waals surface area contributed by atoms with Crippen molar-refractivity contribution in [3.8, 4) is 0 Å². The topological polar surface area (TPSA) is 0 Å². The molecule has 0 N–H and O–H groups in total. The minimum atomic E-state index is -0.227. The highest BCUT2D eigenvalue weighted by Crippen LogP contribution is 2.77. The maximum atomic E-state index is 4.23. The van der Waals surface area contributed by atoms with Crippen LogP contribution < -0.4 is 0 Å². The van der Waals surface area contributed by atoms with Gasteiger partial charge in [-0.2, -0.15) is 0 Å². The molecule has 4 fully saturated rings. The Bertz CT molecular complexity index is 3440. The molecular weight excluding hydrogens is 805 g/mol. The van der Waals surface area contributed by atoms with Crippen molar-refractivity contribution in [2.24, 2.45) is 0 Å². The third-order valence-electron chi connectivity index (χ3n) is 17.2. The molecule has 0 nitrogen and oxygen atoms in total. The van der Waals surface area contributed by atoms with Crippen LogP contribution in [-0.4, -0.2) is 0 Å². The molecule has 0 aromatic heterocycles. The average molecular weight is 857 g/mol. The van der Waals surface area contributed by atoms with Gasteiger partial charge in [0.25, 0.3) is 0 Å². The average Bonchev–Trinajstić information content (AvgIpc) is 3.35. The molecule has 320 valence electrons. The van der Waals surface area contributed by atoms with E-state index in [1.807, 2.05) is 6.08 Å². The fraction of sp³-hybridized carbons (Fsp3) is 0.164. The van der Waals surface area contributed by atoms with Crippen molar-refractivity contribution in [3.63, 3.8) is 0 Å². The van der Waals surface area contributed by atoms with E-state index in [4.69, 9.17) is 0 Å². The van der Waals surface area contributed by atoms with Crippen LogP contribution in [0.15, 0.2) is 213 Å². The lowest BCUT2D eigenvalue weighted by atomic mass is 9.31. The lowest BCUT2D eigenvalue weighted by Crippen LogP contribution is -2.67. The molecule has 0 amide bonds. The van der Waals surface area contributed by atoms with E-state index in [-0.39, 0.29) is 21.7 Å². The molecule has 0 saturated heterocycles. The fourth-order valence-corrected chi connectivity index (χ4v) is 15.9. The van der Waals surface area contributed by atoms with E-state index >= 15 is 0 Å². The summed E-state index contributed by atoms with van der Waals surface area (Å²) in [5.74, 6) is 0. The predicted molar refractivity (Wildman–Crippen MR) is 287 cm³/mol. The smallest absolute Gasteiger partial charge is 0.000922 e. The Kier molecular flexibility index (Phi) is 8.20. The van der Waals surface area contributed by atoms with Crippen LogP contribution in [0.2, 0.25) is 0 Å². The van der Waals surface area contributed by atoms with Gasteiger partial charge in [-0.05, 0) is 194 Å².